The normalized spacial score (nSPS) is 15.4. The van der Waals surface area contributed by atoms with Crippen LogP contribution in [0.15, 0.2) is 66.0 Å². The molecule has 0 aliphatic carbocycles. The molecule has 1 atom stereocenters. The van der Waals surface area contributed by atoms with Crippen molar-refractivity contribution in [2.75, 3.05) is 30.5 Å². The summed E-state index contributed by atoms with van der Waals surface area (Å²) in [6, 6.07) is 17.7. The smallest absolute Gasteiger partial charge is 0.256 e. The molecule has 182 valence electrons. The van der Waals surface area contributed by atoms with Gasteiger partial charge in [-0.25, -0.2) is 0 Å². The Labute approximate surface area is 214 Å². The zero-order valence-electron chi connectivity index (χ0n) is 19.6. The van der Waals surface area contributed by atoms with Crippen LogP contribution < -0.4 is 19.7 Å². The zero-order valence-corrected chi connectivity index (χ0v) is 21.2. The van der Waals surface area contributed by atoms with Gasteiger partial charge < -0.3 is 19.7 Å². The van der Waals surface area contributed by atoms with E-state index < -0.39 is 6.04 Å². The minimum absolute atomic E-state index is 0.0109. The van der Waals surface area contributed by atoms with Crippen molar-refractivity contribution in [3.8, 4) is 11.5 Å². The molecule has 0 spiro atoms. The second-order valence-electron chi connectivity index (χ2n) is 7.90. The monoisotopic (exact) mass is 509 g/mol. The maximum Gasteiger partial charge on any atom is 0.256 e. The molecular weight excluding hydrogens is 482 g/mol. The van der Waals surface area contributed by atoms with Crippen LogP contribution in [0.4, 0.5) is 11.4 Å². The number of thiocarbonyl (C=S) groups is 1. The molecule has 35 heavy (non-hydrogen) atoms. The number of benzene rings is 2. The summed E-state index contributed by atoms with van der Waals surface area (Å²) in [7, 11) is 1.59. The molecule has 1 aliphatic rings. The number of methoxy groups -OCH3 is 1. The molecule has 0 unspecified atom stereocenters. The third-order valence-electron chi connectivity index (χ3n) is 5.66. The van der Waals surface area contributed by atoms with Gasteiger partial charge in [-0.3, -0.25) is 14.5 Å². The number of ether oxygens (including phenoxy) is 2. The molecule has 1 aromatic heterocycles. The Morgan fingerprint density at radius 2 is 1.80 bits per heavy atom. The SMILES string of the molecule is CCOc1ccc(N2C(=O)[C@@H](CC(=O)Nc3ccc(OC)cc3)N(CCc3cccs3)C2=S)cc1. The number of anilines is 2. The average Bonchev–Trinajstić information content (AvgIpc) is 3.46. The molecule has 1 saturated heterocycles. The number of hydrogen-bond acceptors (Lipinski definition) is 6. The van der Waals surface area contributed by atoms with Crippen LogP contribution in [0.1, 0.15) is 18.2 Å². The van der Waals surface area contributed by atoms with Gasteiger partial charge in [0.15, 0.2) is 5.11 Å². The lowest BCUT2D eigenvalue weighted by Crippen LogP contribution is -2.39. The first kappa shape index (κ1) is 24.7. The van der Waals surface area contributed by atoms with Gasteiger partial charge in [0.05, 0.1) is 25.8 Å². The molecule has 0 radical (unpaired) electrons. The lowest BCUT2D eigenvalue weighted by atomic mass is 10.1. The second kappa shape index (κ2) is 11.3. The van der Waals surface area contributed by atoms with Gasteiger partial charge in [-0.1, -0.05) is 6.07 Å². The van der Waals surface area contributed by atoms with E-state index in [1.54, 1.807) is 42.7 Å². The highest BCUT2D eigenvalue weighted by Crippen LogP contribution is 2.29. The standard InChI is InChI=1S/C26H27N3O4S2/c1-3-33-21-12-8-19(9-13-21)29-25(31)23(28(26(29)34)15-14-22-5-4-16-35-22)17-24(30)27-18-6-10-20(32-2)11-7-18/h4-13,16,23H,3,14-15,17H2,1-2H3,(H,27,30)/t23-/m1/s1. The highest BCUT2D eigenvalue weighted by atomic mass is 32.1. The maximum atomic E-state index is 13.5. The molecule has 1 fully saturated rings. The van der Waals surface area contributed by atoms with Crippen molar-refractivity contribution in [1.29, 1.82) is 0 Å². The van der Waals surface area contributed by atoms with Gasteiger partial charge in [-0.2, -0.15) is 0 Å². The number of hydrogen-bond donors (Lipinski definition) is 1. The van der Waals surface area contributed by atoms with E-state index in [1.165, 1.54) is 9.78 Å². The van der Waals surface area contributed by atoms with Crippen LogP contribution >= 0.6 is 23.6 Å². The molecule has 4 rings (SSSR count). The van der Waals surface area contributed by atoms with Crippen molar-refractivity contribution in [2.24, 2.45) is 0 Å². The number of nitrogens with one attached hydrogen (secondary N) is 1. The van der Waals surface area contributed by atoms with Crippen LogP contribution in [-0.2, 0) is 16.0 Å². The molecular formula is C26H27N3O4S2. The number of nitrogens with zero attached hydrogens (tertiary/aromatic N) is 2. The van der Waals surface area contributed by atoms with Gasteiger partial charge in [0.1, 0.15) is 17.5 Å². The Morgan fingerprint density at radius 1 is 1.09 bits per heavy atom. The summed E-state index contributed by atoms with van der Waals surface area (Å²) in [6.07, 6.45) is 0.724. The fourth-order valence-corrected chi connectivity index (χ4v) is 5.04. The first-order valence-electron chi connectivity index (χ1n) is 11.3. The summed E-state index contributed by atoms with van der Waals surface area (Å²) < 4.78 is 10.7. The zero-order chi connectivity index (χ0) is 24.8. The largest absolute Gasteiger partial charge is 0.497 e. The number of thiophene rings is 1. The topological polar surface area (TPSA) is 71.1 Å². The summed E-state index contributed by atoms with van der Waals surface area (Å²) in [5, 5.41) is 5.30. The van der Waals surface area contributed by atoms with E-state index in [2.05, 4.69) is 11.4 Å². The van der Waals surface area contributed by atoms with Crippen molar-refractivity contribution in [2.45, 2.75) is 25.8 Å². The average molecular weight is 510 g/mol. The lowest BCUT2D eigenvalue weighted by Gasteiger charge is -2.23. The summed E-state index contributed by atoms with van der Waals surface area (Å²) >= 11 is 7.40. The summed E-state index contributed by atoms with van der Waals surface area (Å²) in [6.45, 7) is 3.02. The maximum absolute atomic E-state index is 13.5. The van der Waals surface area contributed by atoms with Crippen LogP contribution in [0.3, 0.4) is 0 Å². The van der Waals surface area contributed by atoms with Gasteiger partial charge in [-0.05, 0) is 85.5 Å². The van der Waals surface area contributed by atoms with Crippen molar-refractivity contribution in [3.63, 3.8) is 0 Å². The Hall–Kier alpha value is -3.43. The minimum atomic E-state index is -0.688. The van der Waals surface area contributed by atoms with Crippen LogP contribution in [-0.4, -0.2) is 48.1 Å². The van der Waals surface area contributed by atoms with E-state index in [9.17, 15) is 9.59 Å². The molecule has 2 heterocycles. The van der Waals surface area contributed by atoms with E-state index in [0.29, 0.717) is 35.4 Å². The molecule has 1 aliphatic heterocycles. The van der Waals surface area contributed by atoms with Crippen molar-refractivity contribution in [1.82, 2.24) is 4.90 Å². The first-order valence-corrected chi connectivity index (χ1v) is 12.6. The van der Waals surface area contributed by atoms with Crippen LogP contribution in [0.5, 0.6) is 11.5 Å². The fourth-order valence-electron chi connectivity index (χ4n) is 3.93. The predicted octanol–water partition coefficient (Wildman–Crippen LogP) is 4.73. The van der Waals surface area contributed by atoms with E-state index in [1.807, 2.05) is 47.5 Å². The molecule has 2 aromatic carbocycles. The van der Waals surface area contributed by atoms with Crippen molar-refractivity contribution in [3.05, 3.63) is 70.9 Å². The Bertz CT molecular complexity index is 1160. The van der Waals surface area contributed by atoms with Gasteiger partial charge in [0.2, 0.25) is 5.91 Å². The Balaban J connectivity index is 1.52. The fraction of sp³-hybridized carbons (Fsp3) is 0.269. The minimum Gasteiger partial charge on any atom is -0.497 e. The highest BCUT2D eigenvalue weighted by Gasteiger charge is 2.43. The van der Waals surface area contributed by atoms with E-state index in [-0.39, 0.29) is 18.2 Å². The third-order valence-corrected chi connectivity index (χ3v) is 7.01. The van der Waals surface area contributed by atoms with Gasteiger partial charge in [0, 0.05) is 17.1 Å². The van der Waals surface area contributed by atoms with Gasteiger partial charge >= 0.3 is 0 Å². The second-order valence-corrected chi connectivity index (χ2v) is 9.30. The predicted molar refractivity (Wildman–Crippen MR) is 142 cm³/mol. The van der Waals surface area contributed by atoms with Crippen LogP contribution in [0.2, 0.25) is 0 Å². The van der Waals surface area contributed by atoms with Crippen molar-refractivity contribution >= 4 is 51.9 Å². The van der Waals surface area contributed by atoms with Gasteiger partial charge in [0.25, 0.3) is 5.91 Å². The molecule has 3 aromatic rings. The molecule has 0 saturated carbocycles. The summed E-state index contributed by atoms with van der Waals surface area (Å²) in [5.74, 6) is 0.949. The summed E-state index contributed by atoms with van der Waals surface area (Å²) in [4.78, 5) is 31.0. The number of carbonyl (C=O) groups is 2. The quantitative estimate of drug-likeness (QED) is 0.399. The Morgan fingerprint density at radius 3 is 2.43 bits per heavy atom. The van der Waals surface area contributed by atoms with E-state index in [0.717, 1.165) is 12.2 Å². The molecule has 7 nitrogen and oxygen atoms in total. The van der Waals surface area contributed by atoms with E-state index in [4.69, 9.17) is 21.7 Å². The molecule has 0 bridgehead atoms. The lowest BCUT2D eigenvalue weighted by molar-refractivity contribution is -0.124. The molecule has 1 N–H and O–H groups in total. The molecule has 9 heteroatoms. The van der Waals surface area contributed by atoms with Crippen LogP contribution in [0, 0.1) is 0 Å². The Kier molecular flexibility index (Phi) is 7.99. The number of amides is 2. The first-order chi connectivity index (χ1) is 17.0. The van der Waals surface area contributed by atoms with E-state index >= 15 is 0 Å². The van der Waals surface area contributed by atoms with Gasteiger partial charge in [-0.15, -0.1) is 11.3 Å². The summed E-state index contributed by atoms with van der Waals surface area (Å²) in [5.41, 5.74) is 1.29. The van der Waals surface area contributed by atoms with Crippen LogP contribution in [0.25, 0.3) is 0 Å². The third kappa shape index (κ3) is 5.80. The highest BCUT2D eigenvalue weighted by molar-refractivity contribution is 7.80. The number of rotatable bonds is 10. The number of carbonyl (C=O) groups excluding carboxylic acids is 2. The van der Waals surface area contributed by atoms with Crippen molar-refractivity contribution < 1.29 is 19.1 Å². The molecule has 2 amide bonds.